The summed E-state index contributed by atoms with van der Waals surface area (Å²) in [6, 6.07) is 0.872. The normalized spacial score (nSPS) is 36.4. The SMILES string of the molecule is CCC1CCCN1CC1(C(C)C)CCNC1. The summed E-state index contributed by atoms with van der Waals surface area (Å²) in [5.74, 6) is 0.806. The second-order valence-corrected chi connectivity index (χ2v) is 6.12. The first-order valence-corrected chi connectivity index (χ1v) is 7.13. The fraction of sp³-hybridized carbons (Fsp3) is 1.00. The van der Waals surface area contributed by atoms with Crippen LogP contribution < -0.4 is 5.32 Å². The lowest BCUT2D eigenvalue weighted by atomic mass is 9.76. The number of nitrogens with zero attached hydrogens (tertiary/aromatic N) is 1. The van der Waals surface area contributed by atoms with Gasteiger partial charge in [0.15, 0.2) is 0 Å². The molecule has 0 bridgehead atoms. The molecule has 0 radical (unpaired) electrons. The van der Waals surface area contributed by atoms with Crippen molar-refractivity contribution < 1.29 is 0 Å². The zero-order chi connectivity index (χ0) is 11.6. The zero-order valence-corrected chi connectivity index (χ0v) is 11.3. The van der Waals surface area contributed by atoms with E-state index in [-0.39, 0.29) is 0 Å². The Kier molecular flexibility index (Phi) is 3.91. The standard InChI is InChI=1S/C14H28N2/c1-4-13-6-5-9-16(13)11-14(12(2)3)7-8-15-10-14/h12-13,15H,4-11H2,1-3H3. The average molecular weight is 224 g/mol. The number of likely N-dealkylation sites (tertiary alicyclic amines) is 1. The summed E-state index contributed by atoms with van der Waals surface area (Å²) in [7, 11) is 0. The van der Waals surface area contributed by atoms with Crippen molar-refractivity contribution in [1.29, 1.82) is 0 Å². The van der Waals surface area contributed by atoms with E-state index < -0.39 is 0 Å². The van der Waals surface area contributed by atoms with Crippen LogP contribution in [0, 0.1) is 11.3 Å². The van der Waals surface area contributed by atoms with Crippen LogP contribution in [0.15, 0.2) is 0 Å². The topological polar surface area (TPSA) is 15.3 Å². The van der Waals surface area contributed by atoms with Crippen molar-refractivity contribution >= 4 is 0 Å². The van der Waals surface area contributed by atoms with Gasteiger partial charge >= 0.3 is 0 Å². The molecular weight excluding hydrogens is 196 g/mol. The van der Waals surface area contributed by atoms with Crippen molar-refractivity contribution in [2.75, 3.05) is 26.2 Å². The number of nitrogens with one attached hydrogen (secondary N) is 1. The Balaban J connectivity index is 2.00. The number of hydrogen-bond donors (Lipinski definition) is 1. The van der Waals surface area contributed by atoms with Crippen LogP contribution in [0.25, 0.3) is 0 Å². The Hall–Kier alpha value is -0.0800. The zero-order valence-electron chi connectivity index (χ0n) is 11.3. The minimum atomic E-state index is 0.553. The molecule has 0 saturated carbocycles. The van der Waals surface area contributed by atoms with Gasteiger partial charge in [-0.1, -0.05) is 20.8 Å². The van der Waals surface area contributed by atoms with E-state index in [1.807, 2.05) is 0 Å². The van der Waals surface area contributed by atoms with Crippen LogP contribution in [-0.4, -0.2) is 37.1 Å². The molecule has 1 N–H and O–H groups in total. The third-order valence-corrected chi connectivity index (χ3v) is 4.99. The smallest absolute Gasteiger partial charge is 0.00933 e. The van der Waals surface area contributed by atoms with E-state index in [1.54, 1.807) is 0 Å². The molecule has 2 fully saturated rings. The molecule has 2 nitrogen and oxygen atoms in total. The van der Waals surface area contributed by atoms with Crippen molar-refractivity contribution in [3.05, 3.63) is 0 Å². The van der Waals surface area contributed by atoms with Gasteiger partial charge in [-0.2, -0.15) is 0 Å². The first-order chi connectivity index (χ1) is 7.68. The van der Waals surface area contributed by atoms with Gasteiger partial charge in [0, 0.05) is 19.1 Å². The highest BCUT2D eigenvalue weighted by Crippen LogP contribution is 2.37. The maximum atomic E-state index is 3.57. The van der Waals surface area contributed by atoms with Gasteiger partial charge in [-0.25, -0.2) is 0 Å². The van der Waals surface area contributed by atoms with Gasteiger partial charge in [-0.05, 0) is 50.1 Å². The fourth-order valence-corrected chi connectivity index (χ4v) is 3.54. The summed E-state index contributed by atoms with van der Waals surface area (Å²) >= 11 is 0. The van der Waals surface area contributed by atoms with Crippen LogP contribution in [0.4, 0.5) is 0 Å². The van der Waals surface area contributed by atoms with Crippen LogP contribution in [0.3, 0.4) is 0 Å². The Morgan fingerprint density at radius 3 is 2.81 bits per heavy atom. The first-order valence-electron chi connectivity index (χ1n) is 7.13. The summed E-state index contributed by atoms with van der Waals surface area (Å²) in [5.41, 5.74) is 0.553. The van der Waals surface area contributed by atoms with Gasteiger partial charge in [-0.15, -0.1) is 0 Å². The van der Waals surface area contributed by atoms with Gasteiger partial charge in [-0.3, -0.25) is 4.90 Å². The summed E-state index contributed by atoms with van der Waals surface area (Å²) < 4.78 is 0. The summed E-state index contributed by atoms with van der Waals surface area (Å²) in [4.78, 5) is 2.77. The molecule has 0 aromatic heterocycles. The number of hydrogen-bond acceptors (Lipinski definition) is 2. The van der Waals surface area contributed by atoms with Crippen LogP contribution in [-0.2, 0) is 0 Å². The molecule has 2 aliphatic rings. The monoisotopic (exact) mass is 224 g/mol. The summed E-state index contributed by atoms with van der Waals surface area (Å²) in [6.07, 6.45) is 5.55. The Morgan fingerprint density at radius 1 is 1.44 bits per heavy atom. The minimum absolute atomic E-state index is 0.553. The molecule has 2 unspecified atom stereocenters. The van der Waals surface area contributed by atoms with E-state index in [2.05, 4.69) is 31.0 Å². The predicted octanol–water partition coefficient (Wildman–Crippen LogP) is 2.50. The van der Waals surface area contributed by atoms with Crippen molar-refractivity contribution in [1.82, 2.24) is 10.2 Å². The molecule has 0 aromatic carbocycles. The predicted molar refractivity (Wildman–Crippen MR) is 69.6 cm³/mol. The molecule has 94 valence electrons. The quantitative estimate of drug-likeness (QED) is 0.789. The Bertz CT molecular complexity index is 219. The maximum Gasteiger partial charge on any atom is 0.00933 e. The molecule has 0 spiro atoms. The summed E-state index contributed by atoms with van der Waals surface area (Å²) in [5, 5.41) is 3.57. The van der Waals surface area contributed by atoms with Crippen LogP contribution in [0.2, 0.25) is 0 Å². The minimum Gasteiger partial charge on any atom is -0.316 e. The van der Waals surface area contributed by atoms with Crippen molar-refractivity contribution in [2.24, 2.45) is 11.3 Å². The van der Waals surface area contributed by atoms with Crippen molar-refractivity contribution in [3.63, 3.8) is 0 Å². The van der Waals surface area contributed by atoms with E-state index in [9.17, 15) is 0 Å². The van der Waals surface area contributed by atoms with E-state index >= 15 is 0 Å². The van der Waals surface area contributed by atoms with E-state index in [0.717, 1.165) is 12.0 Å². The van der Waals surface area contributed by atoms with Crippen molar-refractivity contribution in [2.45, 2.75) is 52.5 Å². The lowest BCUT2D eigenvalue weighted by Gasteiger charge is -2.38. The number of rotatable bonds is 4. The molecular formula is C14H28N2. The van der Waals surface area contributed by atoms with E-state index in [1.165, 1.54) is 51.9 Å². The third-order valence-electron chi connectivity index (χ3n) is 4.99. The molecule has 16 heavy (non-hydrogen) atoms. The molecule has 2 saturated heterocycles. The van der Waals surface area contributed by atoms with Gasteiger partial charge < -0.3 is 5.32 Å². The molecule has 0 amide bonds. The molecule has 2 aliphatic heterocycles. The van der Waals surface area contributed by atoms with Crippen molar-refractivity contribution in [3.8, 4) is 0 Å². The lowest BCUT2D eigenvalue weighted by Crippen LogP contribution is -2.44. The summed E-state index contributed by atoms with van der Waals surface area (Å²) in [6.45, 7) is 12.3. The highest BCUT2D eigenvalue weighted by molar-refractivity contribution is 4.95. The Labute approximate surface area is 101 Å². The van der Waals surface area contributed by atoms with Crippen LogP contribution in [0.1, 0.15) is 46.5 Å². The third kappa shape index (κ3) is 2.28. The molecule has 0 aliphatic carbocycles. The second kappa shape index (κ2) is 5.05. The highest BCUT2D eigenvalue weighted by Gasteiger charge is 2.40. The van der Waals surface area contributed by atoms with Gasteiger partial charge in [0.2, 0.25) is 0 Å². The van der Waals surface area contributed by atoms with Gasteiger partial charge in [0.05, 0.1) is 0 Å². The Morgan fingerprint density at radius 2 is 2.25 bits per heavy atom. The molecule has 0 aromatic rings. The average Bonchev–Trinajstić information content (AvgIpc) is 2.88. The molecule has 2 heteroatoms. The maximum absolute atomic E-state index is 3.57. The van der Waals surface area contributed by atoms with Gasteiger partial charge in [0.25, 0.3) is 0 Å². The molecule has 2 atom stereocenters. The second-order valence-electron chi connectivity index (χ2n) is 6.12. The molecule has 2 rings (SSSR count). The van der Waals surface area contributed by atoms with Crippen LogP contribution in [0.5, 0.6) is 0 Å². The van der Waals surface area contributed by atoms with E-state index in [0.29, 0.717) is 5.41 Å². The van der Waals surface area contributed by atoms with E-state index in [4.69, 9.17) is 0 Å². The lowest BCUT2D eigenvalue weighted by molar-refractivity contribution is 0.107. The van der Waals surface area contributed by atoms with Crippen LogP contribution >= 0.6 is 0 Å². The molecule has 2 heterocycles. The highest BCUT2D eigenvalue weighted by atomic mass is 15.2. The first kappa shape index (κ1) is 12.4. The fourth-order valence-electron chi connectivity index (χ4n) is 3.54. The largest absolute Gasteiger partial charge is 0.316 e. The van der Waals surface area contributed by atoms with Gasteiger partial charge in [0.1, 0.15) is 0 Å².